The Hall–Kier alpha value is -2.66. The smallest absolute Gasteiger partial charge is 0.253 e. The summed E-state index contributed by atoms with van der Waals surface area (Å²) in [5.74, 6) is -0.269. The summed E-state index contributed by atoms with van der Waals surface area (Å²) in [4.78, 5) is 24.7. The fourth-order valence-corrected chi connectivity index (χ4v) is 7.88. The van der Waals surface area contributed by atoms with Gasteiger partial charge in [-0.2, -0.15) is 4.31 Å². The maximum absolute atomic E-state index is 13.9. The van der Waals surface area contributed by atoms with E-state index < -0.39 is 16.1 Å². The molecule has 0 aliphatic carbocycles. The van der Waals surface area contributed by atoms with Crippen LogP contribution in [0.15, 0.2) is 64.3 Å². The van der Waals surface area contributed by atoms with Gasteiger partial charge in [0.2, 0.25) is 5.91 Å². The predicted octanol–water partition coefficient (Wildman–Crippen LogP) is 4.45. The molecule has 3 aromatic heterocycles. The Balaban J connectivity index is 1.54. The van der Waals surface area contributed by atoms with Gasteiger partial charge in [0.15, 0.2) is 5.13 Å². The molecule has 1 amide bonds. The van der Waals surface area contributed by atoms with Crippen LogP contribution >= 0.6 is 22.7 Å². The van der Waals surface area contributed by atoms with Crippen LogP contribution in [0, 0.1) is 6.92 Å². The van der Waals surface area contributed by atoms with Crippen molar-refractivity contribution in [3.05, 3.63) is 71.4 Å². The molecule has 1 saturated heterocycles. The van der Waals surface area contributed by atoms with Crippen LogP contribution in [0.2, 0.25) is 0 Å². The van der Waals surface area contributed by atoms with Crippen molar-refractivity contribution >= 4 is 54.0 Å². The summed E-state index contributed by atoms with van der Waals surface area (Å²) >= 11 is 2.60. The first-order chi connectivity index (χ1) is 15.9. The number of benzene rings is 1. The SMILES string of the molecule is Cc1cccc2sc(N(Cc3ccccn3)C(=O)C3CCCN3S(=O)(=O)c3cccs3)nc12. The molecule has 170 valence electrons. The first-order valence-corrected chi connectivity index (χ1v) is 13.7. The van der Waals surface area contributed by atoms with Gasteiger partial charge < -0.3 is 0 Å². The highest BCUT2D eigenvalue weighted by molar-refractivity contribution is 7.91. The molecule has 0 spiro atoms. The average Bonchev–Trinajstić information content (AvgIpc) is 3.58. The number of rotatable bonds is 6. The number of nitrogens with zero attached hydrogens (tertiary/aromatic N) is 4. The number of aryl methyl sites for hydroxylation is 1. The maximum atomic E-state index is 13.9. The molecule has 0 bridgehead atoms. The van der Waals surface area contributed by atoms with E-state index in [0.29, 0.717) is 30.2 Å². The number of carbonyl (C=O) groups is 1. The van der Waals surface area contributed by atoms with Crippen LogP contribution in [0.1, 0.15) is 24.1 Å². The number of aromatic nitrogens is 2. The Morgan fingerprint density at radius 3 is 2.79 bits per heavy atom. The summed E-state index contributed by atoms with van der Waals surface area (Å²) < 4.78 is 29.1. The Bertz CT molecular complexity index is 1390. The number of para-hydroxylation sites is 1. The first-order valence-electron chi connectivity index (χ1n) is 10.6. The minimum absolute atomic E-state index is 0.224. The van der Waals surface area contributed by atoms with Crippen LogP contribution in [-0.4, -0.2) is 41.2 Å². The van der Waals surface area contributed by atoms with Crippen molar-refractivity contribution in [3.63, 3.8) is 0 Å². The number of fused-ring (bicyclic) bond motifs is 1. The fourth-order valence-electron chi connectivity index (χ4n) is 4.06. The van der Waals surface area contributed by atoms with Crippen molar-refractivity contribution in [3.8, 4) is 0 Å². The highest BCUT2D eigenvalue weighted by atomic mass is 32.2. The van der Waals surface area contributed by atoms with E-state index in [1.807, 2.05) is 43.3 Å². The topological polar surface area (TPSA) is 83.5 Å². The number of sulfonamides is 1. The van der Waals surface area contributed by atoms with Gasteiger partial charge in [0.05, 0.1) is 22.5 Å². The molecule has 1 aliphatic rings. The van der Waals surface area contributed by atoms with E-state index in [1.165, 1.54) is 27.0 Å². The van der Waals surface area contributed by atoms with Gasteiger partial charge in [-0.1, -0.05) is 35.6 Å². The third kappa shape index (κ3) is 4.19. The second-order valence-corrected chi connectivity index (χ2v) is 11.9. The molecule has 0 N–H and O–H groups in total. The molecule has 4 aromatic rings. The van der Waals surface area contributed by atoms with Crippen molar-refractivity contribution in [2.75, 3.05) is 11.4 Å². The quantitative estimate of drug-likeness (QED) is 0.392. The lowest BCUT2D eigenvalue weighted by Gasteiger charge is -2.28. The lowest BCUT2D eigenvalue weighted by Crippen LogP contribution is -2.47. The van der Waals surface area contributed by atoms with Gasteiger partial charge in [-0.15, -0.1) is 11.3 Å². The molecule has 33 heavy (non-hydrogen) atoms. The highest BCUT2D eigenvalue weighted by Gasteiger charge is 2.42. The van der Waals surface area contributed by atoms with Crippen LogP contribution in [0.3, 0.4) is 0 Å². The van der Waals surface area contributed by atoms with Crippen molar-refractivity contribution in [1.29, 1.82) is 0 Å². The monoisotopic (exact) mass is 498 g/mol. The Morgan fingerprint density at radius 2 is 2.06 bits per heavy atom. The fraction of sp³-hybridized carbons (Fsp3) is 0.261. The third-order valence-electron chi connectivity index (χ3n) is 5.70. The largest absolute Gasteiger partial charge is 0.281 e. The number of thiophene rings is 1. The summed E-state index contributed by atoms with van der Waals surface area (Å²) in [5, 5.41) is 2.28. The standard InChI is InChI=1S/C23H22N4O3S3/c1-16-7-4-10-19-21(16)25-23(32-19)26(15-17-8-2-3-12-24-17)22(28)18-9-5-13-27(18)33(29,30)20-11-6-14-31-20/h2-4,6-8,10-12,14,18H,5,9,13,15H2,1H3. The van der Waals surface area contributed by atoms with Crippen molar-refractivity contribution in [2.24, 2.45) is 0 Å². The zero-order valence-corrected chi connectivity index (χ0v) is 20.4. The zero-order chi connectivity index (χ0) is 23.0. The summed E-state index contributed by atoms with van der Waals surface area (Å²) in [5.41, 5.74) is 2.60. The molecule has 1 unspecified atom stereocenters. The van der Waals surface area contributed by atoms with Gasteiger partial charge in [0.25, 0.3) is 10.0 Å². The molecule has 1 atom stereocenters. The van der Waals surface area contributed by atoms with E-state index >= 15 is 0 Å². The van der Waals surface area contributed by atoms with Gasteiger partial charge in [-0.3, -0.25) is 14.7 Å². The van der Waals surface area contributed by atoms with Crippen LogP contribution in [0.25, 0.3) is 10.2 Å². The molecule has 1 fully saturated rings. The minimum Gasteiger partial charge on any atom is -0.281 e. The van der Waals surface area contributed by atoms with Crippen molar-refractivity contribution < 1.29 is 13.2 Å². The average molecular weight is 499 g/mol. The molecule has 4 heterocycles. The molecule has 5 rings (SSSR count). The highest BCUT2D eigenvalue weighted by Crippen LogP contribution is 2.34. The van der Waals surface area contributed by atoms with Gasteiger partial charge in [-0.25, -0.2) is 13.4 Å². The minimum atomic E-state index is -3.74. The molecule has 10 heteroatoms. The van der Waals surface area contributed by atoms with Gasteiger partial charge in [0.1, 0.15) is 10.3 Å². The third-order valence-corrected chi connectivity index (χ3v) is 10.0. The normalized spacial score (nSPS) is 16.9. The lowest BCUT2D eigenvalue weighted by molar-refractivity contribution is -0.121. The van der Waals surface area contributed by atoms with Gasteiger partial charge >= 0.3 is 0 Å². The molecular formula is C23H22N4O3S3. The summed E-state index contributed by atoms with van der Waals surface area (Å²) in [6.07, 6.45) is 2.80. The molecule has 1 aliphatic heterocycles. The molecular weight excluding hydrogens is 476 g/mol. The summed E-state index contributed by atoms with van der Waals surface area (Å²) in [6, 6.07) is 14.0. The molecule has 7 nitrogen and oxygen atoms in total. The van der Waals surface area contributed by atoms with Gasteiger partial charge in [-0.05, 0) is 55.0 Å². The Labute approximate surface area is 200 Å². The summed E-state index contributed by atoms with van der Waals surface area (Å²) in [6.45, 7) is 2.54. The number of hydrogen-bond acceptors (Lipinski definition) is 7. The number of anilines is 1. The van der Waals surface area contributed by atoms with Crippen LogP contribution in [-0.2, 0) is 21.4 Å². The molecule has 0 saturated carbocycles. The zero-order valence-electron chi connectivity index (χ0n) is 17.9. The van der Waals surface area contributed by atoms with E-state index in [1.54, 1.807) is 28.6 Å². The first kappa shape index (κ1) is 22.1. The Morgan fingerprint density at radius 1 is 1.18 bits per heavy atom. The van der Waals surface area contributed by atoms with Crippen LogP contribution in [0.5, 0.6) is 0 Å². The van der Waals surface area contributed by atoms with E-state index in [2.05, 4.69) is 4.98 Å². The molecule has 1 aromatic carbocycles. The number of pyridine rings is 1. The maximum Gasteiger partial charge on any atom is 0.253 e. The molecule has 0 radical (unpaired) electrons. The van der Waals surface area contributed by atoms with E-state index in [0.717, 1.165) is 15.8 Å². The predicted molar refractivity (Wildman–Crippen MR) is 131 cm³/mol. The van der Waals surface area contributed by atoms with Crippen molar-refractivity contribution in [2.45, 2.75) is 36.6 Å². The van der Waals surface area contributed by atoms with Crippen molar-refractivity contribution in [1.82, 2.24) is 14.3 Å². The van der Waals surface area contributed by atoms with Crippen LogP contribution < -0.4 is 4.90 Å². The van der Waals surface area contributed by atoms with E-state index in [-0.39, 0.29) is 16.7 Å². The number of carbonyl (C=O) groups excluding carboxylic acids is 1. The number of thiazole rings is 1. The van der Waals surface area contributed by atoms with Gasteiger partial charge in [0, 0.05) is 12.7 Å². The lowest BCUT2D eigenvalue weighted by atomic mass is 10.2. The second-order valence-electron chi connectivity index (χ2n) is 7.87. The number of hydrogen-bond donors (Lipinski definition) is 0. The number of amides is 1. The summed E-state index contributed by atoms with van der Waals surface area (Å²) in [7, 11) is -3.74. The van der Waals surface area contributed by atoms with E-state index in [4.69, 9.17) is 4.98 Å². The van der Waals surface area contributed by atoms with E-state index in [9.17, 15) is 13.2 Å². The Kier molecular flexibility index (Phi) is 6.00. The van der Waals surface area contributed by atoms with Crippen LogP contribution in [0.4, 0.5) is 5.13 Å². The second kappa shape index (κ2) is 8.94.